The lowest BCUT2D eigenvalue weighted by Crippen LogP contribution is -2.05. The smallest absolute Gasteiger partial charge is 0.130 e. The molecule has 0 aliphatic carbocycles. The van der Waals surface area contributed by atoms with Crippen LogP contribution in [-0.4, -0.2) is 6.26 Å². The maximum Gasteiger partial charge on any atom is 0.166 e. The van der Waals surface area contributed by atoms with Crippen molar-refractivity contribution in [1.82, 2.24) is 0 Å². The largest absolute Gasteiger partial charge is 0.166 e. The van der Waals surface area contributed by atoms with Crippen LogP contribution >= 0.6 is 11.8 Å². The number of hydrogen-bond acceptors (Lipinski definition) is 1. The third-order valence-corrected chi connectivity index (χ3v) is 6.17. The van der Waals surface area contributed by atoms with Crippen LogP contribution in [0.1, 0.15) is 6.92 Å². The molecule has 0 spiro atoms. The molecule has 0 saturated carbocycles. The van der Waals surface area contributed by atoms with E-state index in [1.807, 2.05) is 19.1 Å². The minimum atomic E-state index is -0.118. The first-order valence-electron chi connectivity index (χ1n) is 7.19. The van der Waals surface area contributed by atoms with Gasteiger partial charge in [0, 0.05) is 4.90 Å². The molecule has 0 saturated heterocycles. The van der Waals surface area contributed by atoms with Crippen LogP contribution in [0.2, 0.25) is 0 Å². The van der Waals surface area contributed by atoms with E-state index in [-0.39, 0.29) is 10.9 Å². The summed E-state index contributed by atoms with van der Waals surface area (Å²) in [6.07, 6.45) is 10.4. The minimum absolute atomic E-state index is 0.118. The van der Waals surface area contributed by atoms with E-state index >= 15 is 0 Å². The molecule has 0 heterocycles. The van der Waals surface area contributed by atoms with E-state index < -0.39 is 0 Å². The molecule has 0 radical (unpaired) electrons. The Kier molecular flexibility index (Phi) is 6.63. The predicted molar refractivity (Wildman–Crippen MR) is 102 cm³/mol. The van der Waals surface area contributed by atoms with Crippen LogP contribution in [0.5, 0.6) is 0 Å². The SMILES string of the molecule is C=C/C(=C\C=C/C)[S+](c1ccccc1)c1ccc(SC)cc1. The van der Waals surface area contributed by atoms with Gasteiger partial charge in [-0.15, -0.1) is 11.8 Å². The first-order chi connectivity index (χ1) is 10.8. The van der Waals surface area contributed by atoms with Crippen LogP contribution in [0.15, 0.2) is 105 Å². The molecule has 0 aromatic heterocycles. The summed E-state index contributed by atoms with van der Waals surface area (Å²) in [4.78, 5) is 5.16. The first-order valence-corrected chi connectivity index (χ1v) is 9.64. The number of allylic oxidation sites excluding steroid dienone is 4. The van der Waals surface area contributed by atoms with E-state index in [2.05, 4.69) is 79.6 Å². The van der Waals surface area contributed by atoms with Gasteiger partial charge in [-0.2, -0.15) is 0 Å². The molecule has 0 aliphatic heterocycles. The van der Waals surface area contributed by atoms with E-state index in [1.54, 1.807) is 11.8 Å². The van der Waals surface area contributed by atoms with Crippen LogP contribution in [0.3, 0.4) is 0 Å². The molecule has 1 unspecified atom stereocenters. The second-order valence-electron chi connectivity index (χ2n) is 4.59. The maximum atomic E-state index is 4.02. The second-order valence-corrected chi connectivity index (χ2v) is 7.50. The van der Waals surface area contributed by atoms with E-state index in [0.717, 1.165) is 0 Å². The zero-order chi connectivity index (χ0) is 15.8. The van der Waals surface area contributed by atoms with E-state index in [4.69, 9.17) is 0 Å². The molecular formula is C20H21S2+. The summed E-state index contributed by atoms with van der Waals surface area (Å²) in [6.45, 7) is 6.05. The molecule has 2 rings (SSSR count). The Labute approximate surface area is 141 Å². The van der Waals surface area contributed by atoms with Gasteiger partial charge in [0.2, 0.25) is 0 Å². The Morgan fingerprint density at radius 2 is 1.64 bits per heavy atom. The molecule has 0 bridgehead atoms. The number of rotatable bonds is 6. The molecule has 0 aliphatic rings. The second kappa shape index (κ2) is 8.72. The molecule has 0 N–H and O–H groups in total. The Balaban J connectivity index is 2.51. The van der Waals surface area contributed by atoms with E-state index in [0.29, 0.717) is 0 Å². The van der Waals surface area contributed by atoms with Crippen LogP contribution < -0.4 is 0 Å². The van der Waals surface area contributed by atoms with E-state index in [9.17, 15) is 0 Å². The summed E-state index contributed by atoms with van der Waals surface area (Å²) in [6, 6.07) is 19.5. The zero-order valence-electron chi connectivity index (χ0n) is 13.0. The van der Waals surface area contributed by atoms with Crippen molar-refractivity contribution < 1.29 is 0 Å². The molecule has 0 amide bonds. The van der Waals surface area contributed by atoms with Gasteiger partial charge in [0.05, 0.1) is 10.9 Å². The summed E-state index contributed by atoms with van der Waals surface area (Å²) in [5.41, 5.74) is 0. The third-order valence-electron chi connectivity index (χ3n) is 3.16. The molecular weight excluding hydrogens is 304 g/mol. The van der Waals surface area contributed by atoms with Gasteiger partial charge < -0.3 is 0 Å². The normalized spacial score (nSPS) is 13.3. The van der Waals surface area contributed by atoms with Crippen LogP contribution in [0, 0.1) is 0 Å². The number of benzene rings is 2. The highest BCUT2D eigenvalue weighted by Crippen LogP contribution is 2.31. The highest BCUT2D eigenvalue weighted by atomic mass is 32.2. The van der Waals surface area contributed by atoms with Gasteiger partial charge in [0.1, 0.15) is 0 Å². The van der Waals surface area contributed by atoms with Gasteiger partial charge in [-0.3, -0.25) is 0 Å². The molecule has 0 nitrogen and oxygen atoms in total. The number of thioether (sulfide) groups is 1. The van der Waals surface area contributed by atoms with Crippen molar-refractivity contribution in [3.05, 3.63) is 90.4 Å². The van der Waals surface area contributed by atoms with Crippen molar-refractivity contribution in [3.8, 4) is 0 Å². The zero-order valence-corrected chi connectivity index (χ0v) is 14.7. The Bertz CT molecular complexity index is 652. The summed E-state index contributed by atoms with van der Waals surface area (Å²) in [7, 11) is -0.118. The van der Waals surface area contributed by atoms with Gasteiger partial charge in [-0.25, -0.2) is 0 Å². The predicted octanol–water partition coefficient (Wildman–Crippen LogP) is 6.09. The van der Waals surface area contributed by atoms with Crippen molar-refractivity contribution in [1.29, 1.82) is 0 Å². The Morgan fingerprint density at radius 3 is 2.18 bits per heavy atom. The lowest BCUT2D eigenvalue weighted by Gasteiger charge is -2.08. The summed E-state index contributed by atoms with van der Waals surface area (Å²) in [5.74, 6) is 0. The van der Waals surface area contributed by atoms with Crippen molar-refractivity contribution in [2.45, 2.75) is 21.6 Å². The summed E-state index contributed by atoms with van der Waals surface area (Å²) < 4.78 is 0. The summed E-state index contributed by atoms with van der Waals surface area (Å²) in [5, 5.41) is 0. The average Bonchev–Trinajstić information content (AvgIpc) is 2.59. The molecule has 2 aromatic carbocycles. The molecule has 112 valence electrons. The van der Waals surface area contributed by atoms with Gasteiger partial charge in [-0.1, -0.05) is 36.9 Å². The molecule has 0 fully saturated rings. The molecule has 2 aromatic rings. The fourth-order valence-corrected chi connectivity index (χ4v) is 4.53. The van der Waals surface area contributed by atoms with Crippen molar-refractivity contribution in [2.75, 3.05) is 6.26 Å². The monoisotopic (exact) mass is 325 g/mol. The highest BCUT2D eigenvalue weighted by Gasteiger charge is 2.28. The first kappa shape index (κ1) is 16.7. The molecule has 22 heavy (non-hydrogen) atoms. The third kappa shape index (κ3) is 4.19. The number of hydrogen-bond donors (Lipinski definition) is 0. The maximum absolute atomic E-state index is 4.02. The summed E-state index contributed by atoms with van der Waals surface area (Å²) >= 11 is 1.77. The fourth-order valence-electron chi connectivity index (χ4n) is 2.09. The lowest BCUT2D eigenvalue weighted by atomic mass is 10.4. The van der Waals surface area contributed by atoms with Gasteiger partial charge in [-0.05, 0) is 61.7 Å². The van der Waals surface area contributed by atoms with Crippen molar-refractivity contribution in [3.63, 3.8) is 0 Å². The topological polar surface area (TPSA) is 0 Å². The molecule has 2 heteroatoms. The van der Waals surface area contributed by atoms with Crippen molar-refractivity contribution >= 4 is 22.7 Å². The van der Waals surface area contributed by atoms with Gasteiger partial charge in [0.15, 0.2) is 14.7 Å². The molecule has 1 atom stereocenters. The average molecular weight is 326 g/mol. The van der Waals surface area contributed by atoms with Crippen LogP contribution in [-0.2, 0) is 10.9 Å². The fraction of sp³-hybridized carbons (Fsp3) is 0.100. The van der Waals surface area contributed by atoms with Crippen LogP contribution in [0.25, 0.3) is 0 Å². The quantitative estimate of drug-likeness (QED) is 0.352. The minimum Gasteiger partial charge on any atom is -0.130 e. The van der Waals surface area contributed by atoms with E-state index in [1.165, 1.54) is 19.6 Å². The van der Waals surface area contributed by atoms with Crippen molar-refractivity contribution in [2.24, 2.45) is 0 Å². The standard InChI is InChI=1S/C20H21S2/c1-4-6-10-18(5-2)22(19-11-8-7-9-12-19)20-15-13-17(21-3)14-16-20/h4-16H,2H2,1,3H3/q+1/b6-4-,18-10+. The van der Waals surface area contributed by atoms with Gasteiger partial charge >= 0.3 is 0 Å². The Morgan fingerprint density at radius 1 is 1.00 bits per heavy atom. The Hall–Kier alpha value is -1.64. The highest BCUT2D eigenvalue weighted by molar-refractivity contribution is 8.01. The van der Waals surface area contributed by atoms with Gasteiger partial charge in [0.25, 0.3) is 0 Å². The van der Waals surface area contributed by atoms with Crippen LogP contribution in [0.4, 0.5) is 0 Å². The lowest BCUT2D eigenvalue weighted by molar-refractivity contribution is 1.32.